The van der Waals surface area contributed by atoms with Gasteiger partial charge in [-0.2, -0.15) is 0 Å². The van der Waals surface area contributed by atoms with Crippen molar-refractivity contribution in [2.45, 2.75) is 12.1 Å². The monoisotopic (exact) mass is 282 g/mol. The van der Waals surface area contributed by atoms with E-state index in [2.05, 4.69) is 10.1 Å². The Labute approximate surface area is 114 Å². The zero-order chi connectivity index (χ0) is 15.1. The minimum Gasteiger partial charge on any atom is -0.480 e. The van der Waals surface area contributed by atoms with E-state index in [0.29, 0.717) is 17.5 Å². The Kier molecular flexibility index (Phi) is 5.63. The van der Waals surface area contributed by atoms with Crippen LogP contribution in [0.15, 0.2) is 24.3 Å². The van der Waals surface area contributed by atoms with Gasteiger partial charge in [0.25, 0.3) is 0 Å². The van der Waals surface area contributed by atoms with Gasteiger partial charge in [-0.3, -0.25) is 10.1 Å². The van der Waals surface area contributed by atoms with Gasteiger partial charge in [0.2, 0.25) is 0 Å². The maximum atomic E-state index is 11.3. The molecule has 2 atom stereocenters. The number of hydrogen-bond acceptors (Lipinski definition) is 6. The van der Waals surface area contributed by atoms with Crippen molar-refractivity contribution in [2.24, 2.45) is 5.73 Å². The second-order valence-corrected chi connectivity index (χ2v) is 3.87. The number of hydrogen-bond donors (Lipinski definition) is 4. The summed E-state index contributed by atoms with van der Waals surface area (Å²) in [5.41, 5.74) is 5.90. The SMILES string of the molecule is NC(COC(=O)Nc1ccc(C(O)C=O)cc1)C(=O)O. The maximum absolute atomic E-state index is 11.3. The third-order valence-corrected chi connectivity index (χ3v) is 2.34. The topological polar surface area (TPSA) is 139 Å². The molecule has 1 aromatic rings. The molecule has 20 heavy (non-hydrogen) atoms. The maximum Gasteiger partial charge on any atom is 0.411 e. The molecule has 8 nitrogen and oxygen atoms in total. The number of carbonyl (C=O) groups excluding carboxylic acids is 2. The van der Waals surface area contributed by atoms with Crippen LogP contribution in [0.3, 0.4) is 0 Å². The minimum absolute atomic E-state index is 0.362. The van der Waals surface area contributed by atoms with Crippen molar-refractivity contribution in [1.29, 1.82) is 0 Å². The van der Waals surface area contributed by atoms with Crippen molar-refractivity contribution in [1.82, 2.24) is 0 Å². The number of ether oxygens (including phenoxy) is 1. The molecule has 0 heterocycles. The molecule has 0 aliphatic heterocycles. The molecule has 1 aromatic carbocycles. The molecule has 108 valence electrons. The number of carbonyl (C=O) groups is 3. The molecule has 2 unspecified atom stereocenters. The van der Waals surface area contributed by atoms with E-state index in [0.717, 1.165) is 0 Å². The second kappa shape index (κ2) is 7.22. The summed E-state index contributed by atoms with van der Waals surface area (Å²) in [6.07, 6.45) is -1.70. The molecule has 0 fully saturated rings. The number of aliphatic hydroxyl groups is 1. The van der Waals surface area contributed by atoms with Gasteiger partial charge < -0.3 is 25.5 Å². The van der Waals surface area contributed by atoms with Crippen molar-refractivity contribution in [3.8, 4) is 0 Å². The smallest absolute Gasteiger partial charge is 0.411 e. The Morgan fingerprint density at radius 3 is 2.45 bits per heavy atom. The molecule has 0 aromatic heterocycles. The molecule has 1 rings (SSSR count). The number of benzene rings is 1. The van der Waals surface area contributed by atoms with Crippen molar-refractivity contribution < 1.29 is 29.3 Å². The lowest BCUT2D eigenvalue weighted by Gasteiger charge is -2.10. The van der Waals surface area contributed by atoms with Crippen LogP contribution in [0.1, 0.15) is 11.7 Å². The lowest BCUT2D eigenvalue weighted by Crippen LogP contribution is -2.36. The highest BCUT2D eigenvalue weighted by Crippen LogP contribution is 2.14. The highest BCUT2D eigenvalue weighted by Gasteiger charge is 2.14. The van der Waals surface area contributed by atoms with Crippen LogP contribution in [0.4, 0.5) is 10.5 Å². The Bertz CT molecular complexity index is 487. The summed E-state index contributed by atoms with van der Waals surface area (Å²) < 4.78 is 4.61. The third kappa shape index (κ3) is 4.67. The summed E-state index contributed by atoms with van der Waals surface area (Å²) in [7, 11) is 0. The van der Waals surface area contributed by atoms with Crippen molar-refractivity contribution >= 4 is 24.0 Å². The summed E-state index contributed by atoms with van der Waals surface area (Å²) in [6.45, 7) is -0.455. The Morgan fingerprint density at radius 1 is 1.35 bits per heavy atom. The fraction of sp³-hybridized carbons (Fsp3) is 0.250. The van der Waals surface area contributed by atoms with E-state index in [-0.39, 0.29) is 0 Å². The number of carboxylic acids is 1. The number of nitrogens with two attached hydrogens (primary N) is 1. The number of aliphatic carboxylic acids is 1. The van der Waals surface area contributed by atoms with E-state index in [1.165, 1.54) is 24.3 Å². The van der Waals surface area contributed by atoms with Gasteiger partial charge in [0, 0.05) is 5.69 Å². The zero-order valence-electron chi connectivity index (χ0n) is 10.4. The first-order valence-electron chi connectivity index (χ1n) is 5.59. The van der Waals surface area contributed by atoms with Crippen LogP contribution in [-0.2, 0) is 14.3 Å². The molecule has 8 heteroatoms. The van der Waals surface area contributed by atoms with Gasteiger partial charge in [0.05, 0.1) is 0 Å². The molecule has 0 aliphatic rings. The van der Waals surface area contributed by atoms with Crippen LogP contribution in [0.2, 0.25) is 0 Å². The van der Waals surface area contributed by atoms with Crippen molar-refractivity contribution in [2.75, 3.05) is 11.9 Å². The van der Waals surface area contributed by atoms with E-state index in [1.807, 2.05) is 0 Å². The molecule has 0 saturated heterocycles. The number of rotatable bonds is 6. The van der Waals surface area contributed by atoms with Gasteiger partial charge in [-0.15, -0.1) is 0 Å². The van der Waals surface area contributed by atoms with E-state index >= 15 is 0 Å². The number of anilines is 1. The van der Waals surface area contributed by atoms with Gasteiger partial charge in [-0.05, 0) is 17.7 Å². The molecular weight excluding hydrogens is 268 g/mol. The van der Waals surface area contributed by atoms with Crippen LogP contribution in [0.5, 0.6) is 0 Å². The molecule has 1 amide bonds. The number of nitrogens with one attached hydrogen (secondary N) is 1. The fourth-order valence-corrected chi connectivity index (χ4v) is 1.23. The number of carboxylic acid groups (broad SMARTS) is 1. The Morgan fingerprint density at radius 2 is 1.95 bits per heavy atom. The van der Waals surface area contributed by atoms with Gasteiger partial charge in [-0.1, -0.05) is 12.1 Å². The average molecular weight is 282 g/mol. The predicted molar refractivity (Wildman–Crippen MR) is 68.0 cm³/mol. The van der Waals surface area contributed by atoms with Gasteiger partial charge in [0.1, 0.15) is 18.8 Å². The molecular formula is C12H14N2O6. The summed E-state index contributed by atoms with van der Waals surface area (Å²) in [5, 5.41) is 20.1. The minimum atomic E-state index is -1.29. The quantitative estimate of drug-likeness (QED) is 0.533. The van der Waals surface area contributed by atoms with E-state index < -0.39 is 30.8 Å². The van der Waals surface area contributed by atoms with Gasteiger partial charge in [-0.25, -0.2) is 4.79 Å². The zero-order valence-corrected chi connectivity index (χ0v) is 10.4. The Hall–Kier alpha value is -2.45. The lowest BCUT2D eigenvalue weighted by atomic mass is 10.1. The molecule has 0 radical (unpaired) electrons. The first-order valence-corrected chi connectivity index (χ1v) is 5.59. The van der Waals surface area contributed by atoms with Crippen LogP contribution in [0, 0.1) is 0 Å². The largest absolute Gasteiger partial charge is 0.480 e. The number of amides is 1. The first-order chi connectivity index (χ1) is 9.43. The molecule has 0 spiro atoms. The number of aldehydes is 1. The van der Waals surface area contributed by atoms with Crippen LogP contribution in [0.25, 0.3) is 0 Å². The van der Waals surface area contributed by atoms with Gasteiger partial charge in [0.15, 0.2) is 6.29 Å². The van der Waals surface area contributed by atoms with Crippen LogP contribution >= 0.6 is 0 Å². The van der Waals surface area contributed by atoms with E-state index in [9.17, 15) is 19.5 Å². The van der Waals surface area contributed by atoms with E-state index in [4.69, 9.17) is 10.8 Å². The summed E-state index contributed by atoms with van der Waals surface area (Å²) in [6, 6.07) is 4.54. The first kappa shape index (κ1) is 15.6. The summed E-state index contributed by atoms with van der Waals surface area (Å²) in [4.78, 5) is 32.1. The highest BCUT2D eigenvalue weighted by atomic mass is 16.5. The van der Waals surface area contributed by atoms with Crippen molar-refractivity contribution in [3.05, 3.63) is 29.8 Å². The van der Waals surface area contributed by atoms with Crippen LogP contribution < -0.4 is 11.1 Å². The summed E-state index contributed by atoms with van der Waals surface area (Å²) in [5.74, 6) is -1.27. The normalized spacial score (nSPS) is 13.1. The Balaban J connectivity index is 2.50. The summed E-state index contributed by atoms with van der Waals surface area (Å²) >= 11 is 0. The van der Waals surface area contributed by atoms with Crippen molar-refractivity contribution in [3.63, 3.8) is 0 Å². The number of aliphatic hydroxyl groups excluding tert-OH is 1. The third-order valence-electron chi connectivity index (χ3n) is 2.34. The molecule has 0 aliphatic carbocycles. The standard InChI is InChI=1S/C12H14N2O6/c13-9(11(17)18)6-20-12(19)14-8-3-1-7(2-4-8)10(16)5-15/h1-5,9-10,16H,6,13H2,(H,14,19)(H,17,18). The second-order valence-electron chi connectivity index (χ2n) is 3.87. The van der Waals surface area contributed by atoms with Gasteiger partial charge >= 0.3 is 12.1 Å². The lowest BCUT2D eigenvalue weighted by molar-refractivity contribution is -0.139. The van der Waals surface area contributed by atoms with E-state index in [1.54, 1.807) is 0 Å². The molecule has 5 N–H and O–H groups in total. The fourth-order valence-electron chi connectivity index (χ4n) is 1.23. The molecule has 0 saturated carbocycles. The predicted octanol–water partition coefficient (Wildman–Crippen LogP) is -0.121. The van der Waals surface area contributed by atoms with Crippen LogP contribution in [-0.4, -0.2) is 41.2 Å². The highest BCUT2D eigenvalue weighted by molar-refractivity contribution is 5.85. The average Bonchev–Trinajstić information content (AvgIpc) is 2.44. The molecule has 0 bridgehead atoms.